The lowest BCUT2D eigenvalue weighted by Gasteiger charge is -2.29. The molecule has 0 spiro atoms. The summed E-state index contributed by atoms with van der Waals surface area (Å²) in [5, 5.41) is 13.6. The second-order valence-electron chi connectivity index (χ2n) is 6.43. The molecule has 2 unspecified atom stereocenters. The second kappa shape index (κ2) is 9.23. The van der Waals surface area contributed by atoms with Gasteiger partial charge in [-0.25, -0.2) is 0 Å². The lowest BCUT2D eigenvalue weighted by atomic mass is 10.1. The van der Waals surface area contributed by atoms with E-state index in [9.17, 15) is 5.11 Å². The van der Waals surface area contributed by atoms with Crippen LogP contribution in [0.5, 0.6) is 5.75 Å². The van der Waals surface area contributed by atoms with Gasteiger partial charge in [0.1, 0.15) is 5.75 Å². The van der Waals surface area contributed by atoms with E-state index < -0.39 is 0 Å². The van der Waals surface area contributed by atoms with Crippen LogP contribution in [0.3, 0.4) is 0 Å². The summed E-state index contributed by atoms with van der Waals surface area (Å²) in [6.45, 7) is 10.8. The standard InChI is InChI=1S/C18H30N2O3/c1-14(2)23-18-6-4-16(5-7-18)15(3)19-12-17(21)13-20-8-10-22-11-9-20/h4-7,14-15,17,19,21H,8-13H2,1-3H3. The van der Waals surface area contributed by atoms with Gasteiger partial charge in [0.05, 0.1) is 25.4 Å². The third-order valence-corrected chi connectivity index (χ3v) is 3.98. The molecule has 1 aromatic carbocycles. The molecule has 5 nitrogen and oxygen atoms in total. The Labute approximate surface area is 139 Å². The van der Waals surface area contributed by atoms with Crippen LogP contribution in [0, 0.1) is 0 Å². The van der Waals surface area contributed by atoms with Crippen LogP contribution >= 0.6 is 0 Å². The Morgan fingerprint density at radius 3 is 2.43 bits per heavy atom. The minimum atomic E-state index is -0.362. The van der Waals surface area contributed by atoms with Crippen LogP contribution in [0.1, 0.15) is 32.4 Å². The molecule has 23 heavy (non-hydrogen) atoms. The molecule has 0 amide bonds. The predicted octanol–water partition coefficient (Wildman–Crippen LogP) is 1.82. The SMILES string of the molecule is CC(C)Oc1ccc(C(C)NCC(O)CN2CCOCC2)cc1. The van der Waals surface area contributed by atoms with Crippen molar-refractivity contribution >= 4 is 0 Å². The summed E-state index contributed by atoms with van der Waals surface area (Å²) in [6.07, 6.45) is -0.175. The number of benzene rings is 1. The maximum atomic E-state index is 10.2. The molecule has 0 bridgehead atoms. The topological polar surface area (TPSA) is 54.0 Å². The van der Waals surface area contributed by atoms with Crippen LogP contribution in [0.15, 0.2) is 24.3 Å². The largest absolute Gasteiger partial charge is 0.491 e. The molecule has 0 aliphatic carbocycles. The first kappa shape index (κ1) is 18.2. The summed E-state index contributed by atoms with van der Waals surface area (Å²) in [4.78, 5) is 2.25. The summed E-state index contributed by atoms with van der Waals surface area (Å²) < 4.78 is 11.0. The monoisotopic (exact) mass is 322 g/mol. The lowest BCUT2D eigenvalue weighted by Crippen LogP contribution is -2.44. The van der Waals surface area contributed by atoms with Crippen LogP contribution in [0.25, 0.3) is 0 Å². The van der Waals surface area contributed by atoms with E-state index in [4.69, 9.17) is 9.47 Å². The highest BCUT2D eigenvalue weighted by atomic mass is 16.5. The van der Waals surface area contributed by atoms with Gasteiger partial charge < -0.3 is 19.9 Å². The molecule has 1 aliphatic heterocycles. The van der Waals surface area contributed by atoms with Crippen molar-refractivity contribution in [3.05, 3.63) is 29.8 Å². The smallest absolute Gasteiger partial charge is 0.119 e. The third kappa shape index (κ3) is 6.47. The maximum Gasteiger partial charge on any atom is 0.119 e. The molecular weight excluding hydrogens is 292 g/mol. The Morgan fingerprint density at radius 1 is 1.17 bits per heavy atom. The van der Waals surface area contributed by atoms with Crippen molar-refractivity contribution < 1.29 is 14.6 Å². The van der Waals surface area contributed by atoms with Crippen molar-refractivity contribution in [2.24, 2.45) is 0 Å². The number of aliphatic hydroxyl groups excluding tert-OH is 1. The van der Waals surface area contributed by atoms with Crippen molar-refractivity contribution in [3.63, 3.8) is 0 Å². The minimum absolute atomic E-state index is 0.187. The zero-order valence-electron chi connectivity index (χ0n) is 14.5. The quantitative estimate of drug-likeness (QED) is 0.765. The maximum absolute atomic E-state index is 10.2. The fourth-order valence-electron chi connectivity index (χ4n) is 2.68. The summed E-state index contributed by atoms with van der Waals surface area (Å²) >= 11 is 0. The molecule has 1 heterocycles. The van der Waals surface area contributed by atoms with E-state index in [1.165, 1.54) is 5.56 Å². The molecule has 1 fully saturated rings. The molecule has 2 atom stereocenters. The molecule has 1 saturated heterocycles. The highest BCUT2D eigenvalue weighted by Gasteiger charge is 2.15. The number of nitrogens with one attached hydrogen (secondary N) is 1. The number of ether oxygens (including phenoxy) is 2. The van der Waals surface area contributed by atoms with Gasteiger partial charge in [-0.1, -0.05) is 12.1 Å². The third-order valence-electron chi connectivity index (χ3n) is 3.98. The fraction of sp³-hybridized carbons (Fsp3) is 0.667. The number of aliphatic hydroxyl groups is 1. The predicted molar refractivity (Wildman–Crippen MR) is 91.9 cm³/mol. The molecule has 0 saturated carbocycles. The van der Waals surface area contributed by atoms with E-state index in [-0.39, 0.29) is 18.2 Å². The van der Waals surface area contributed by atoms with E-state index in [0.717, 1.165) is 32.1 Å². The summed E-state index contributed by atoms with van der Waals surface area (Å²) in [7, 11) is 0. The van der Waals surface area contributed by atoms with Gasteiger partial charge in [-0.3, -0.25) is 4.90 Å². The molecular formula is C18H30N2O3. The van der Waals surface area contributed by atoms with Crippen molar-refractivity contribution in [2.75, 3.05) is 39.4 Å². The average Bonchev–Trinajstić information content (AvgIpc) is 2.54. The molecule has 0 radical (unpaired) electrons. The number of morpholine rings is 1. The molecule has 2 rings (SSSR count). The number of hydrogen-bond acceptors (Lipinski definition) is 5. The molecule has 5 heteroatoms. The average molecular weight is 322 g/mol. The summed E-state index contributed by atoms with van der Waals surface area (Å²) in [5.74, 6) is 0.892. The van der Waals surface area contributed by atoms with Gasteiger partial charge in [0, 0.05) is 32.2 Å². The fourth-order valence-corrected chi connectivity index (χ4v) is 2.68. The van der Waals surface area contributed by atoms with Crippen molar-refractivity contribution in [3.8, 4) is 5.75 Å². The van der Waals surface area contributed by atoms with Crippen LogP contribution in [0.2, 0.25) is 0 Å². The first-order valence-corrected chi connectivity index (χ1v) is 8.52. The summed E-state index contributed by atoms with van der Waals surface area (Å²) in [5.41, 5.74) is 1.19. The van der Waals surface area contributed by atoms with Gasteiger partial charge in [-0.15, -0.1) is 0 Å². The molecule has 130 valence electrons. The van der Waals surface area contributed by atoms with Gasteiger partial charge in [0.25, 0.3) is 0 Å². The first-order valence-electron chi connectivity index (χ1n) is 8.52. The van der Waals surface area contributed by atoms with Crippen molar-refractivity contribution in [1.82, 2.24) is 10.2 Å². The first-order chi connectivity index (χ1) is 11.0. The molecule has 1 aromatic rings. The van der Waals surface area contributed by atoms with Gasteiger partial charge in [0.15, 0.2) is 0 Å². The van der Waals surface area contributed by atoms with Gasteiger partial charge in [0.2, 0.25) is 0 Å². The highest BCUT2D eigenvalue weighted by Crippen LogP contribution is 2.18. The van der Waals surface area contributed by atoms with E-state index in [2.05, 4.69) is 29.3 Å². The second-order valence-corrected chi connectivity index (χ2v) is 6.43. The molecule has 1 aliphatic rings. The number of rotatable bonds is 8. The van der Waals surface area contributed by atoms with Crippen LogP contribution in [0.4, 0.5) is 0 Å². The van der Waals surface area contributed by atoms with E-state index in [1.54, 1.807) is 0 Å². The summed E-state index contributed by atoms with van der Waals surface area (Å²) in [6, 6.07) is 8.34. The van der Waals surface area contributed by atoms with Gasteiger partial charge in [-0.2, -0.15) is 0 Å². The zero-order chi connectivity index (χ0) is 16.7. The van der Waals surface area contributed by atoms with E-state index in [0.29, 0.717) is 13.1 Å². The molecule has 0 aromatic heterocycles. The Kier molecular flexibility index (Phi) is 7.30. The molecule has 2 N–H and O–H groups in total. The van der Waals surface area contributed by atoms with E-state index in [1.807, 2.05) is 26.0 Å². The number of nitrogens with zero attached hydrogens (tertiary/aromatic N) is 1. The Morgan fingerprint density at radius 2 is 1.83 bits per heavy atom. The van der Waals surface area contributed by atoms with Crippen LogP contribution in [-0.4, -0.2) is 61.6 Å². The van der Waals surface area contributed by atoms with Crippen molar-refractivity contribution in [2.45, 2.75) is 39.0 Å². The van der Waals surface area contributed by atoms with Crippen molar-refractivity contribution in [1.29, 1.82) is 0 Å². The van der Waals surface area contributed by atoms with Gasteiger partial charge >= 0.3 is 0 Å². The van der Waals surface area contributed by atoms with Crippen LogP contribution < -0.4 is 10.1 Å². The van der Waals surface area contributed by atoms with Gasteiger partial charge in [-0.05, 0) is 38.5 Å². The highest BCUT2D eigenvalue weighted by molar-refractivity contribution is 5.29. The normalized spacial score (nSPS) is 18.8. The van der Waals surface area contributed by atoms with E-state index >= 15 is 0 Å². The zero-order valence-corrected chi connectivity index (χ0v) is 14.5. The lowest BCUT2D eigenvalue weighted by molar-refractivity contribution is 0.0145. The number of β-amino-alcohol motifs (C(OH)–C–C–N with tert-alkyl or cyclic N) is 1. The minimum Gasteiger partial charge on any atom is -0.491 e. The Balaban J connectivity index is 1.73. The van der Waals surface area contributed by atoms with Crippen LogP contribution in [-0.2, 0) is 4.74 Å². The Hall–Kier alpha value is -1.14. The number of hydrogen-bond donors (Lipinski definition) is 2. The Bertz CT molecular complexity index is 444.